The molecule has 0 heterocycles. The van der Waals surface area contributed by atoms with Crippen LogP contribution in [0.4, 0.5) is 0 Å². The van der Waals surface area contributed by atoms with Gasteiger partial charge >= 0.3 is 0 Å². The summed E-state index contributed by atoms with van der Waals surface area (Å²) in [7, 11) is 0. The van der Waals surface area contributed by atoms with Crippen molar-refractivity contribution in [2.75, 3.05) is 0 Å². The van der Waals surface area contributed by atoms with E-state index in [1.807, 2.05) is 0 Å². The molecule has 21 heavy (non-hydrogen) atoms. The van der Waals surface area contributed by atoms with Crippen molar-refractivity contribution >= 4 is 0 Å². The third kappa shape index (κ3) is 5.65. The van der Waals surface area contributed by atoms with Gasteiger partial charge in [-0.1, -0.05) is 71.1 Å². The second-order valence-corrected chi connectivity index (χ2v) is 7.72. The first kappa shape index (κ1) is 16.9. The van der Waals surface area contributed by atoms with Crippen molar-refractivity contribution < 1.29 is 0 Å². The Labute approximate surface area is 132 Å². The summed E-state index contributed by atoms with van der Waals surface area (Å²) in [4.78, 5) is 0. The minimum atomic E-state index is 0.327. The van der Waals surface area contributed by atoms with Gasteiger partial charge in [0.1, 0.15) is 0 Å². The van der Waals surface area contributed by atoms with Crippen LogP contribution in [-0.2, 0) is 0 Å². The van der Waals surface area contributed by atoms with Crippen molar-refractivity contribution in [2.24, 2.45) is 23.7 Å². The lowest BCUT2D eigenvalue weighted by Gasteiger charge is -2.36. The summed E-state index contributed by atoms with van der Waals surface area (Å²) in [5, 5.41) is 9.12. The topological polar surface area (TPSA) is 23.8 Å². The molecule has 1 atom stereocenters. The van der Waals surface area contributed by atoms with E-state index < -0.39 is 0 Å². The van der Waals surface area contributed by atoms with E-state index in [-0.39, 0.29) is 0 Å². The summed E-state index contributed by atoms with van der Waals surface area (Å²) in [6.45, 7) is 2.19. The summed E-state index contributed by atoms with van der Waals surface area (Å²) in [5.41, 5.74) is 0. The largest absolute Gasteiger partial charge is 0.198 e. The summed E-state index contributed by atoms with van der Waals surface area (Å²) < 4.78 is 0. The standard InChI is InChI=1S/C20H35N/c1-2-7-18(16-21)9-6-8-17-12-14-20(15-13-17)19-10-4-3-5-11-19/h17-20H,2-15H2,1H3/t17-,18?,20-. The Morgan fingerprint density at radius 3 is 2.19 bits per heavy atom. The molecule has 0 bridgehead atoms. The zero-order chi connectivity index (χ0) is 14.9. The normalized spacial score (nSPS) is 29.0. The number of nitrogens with zero attached hydrogens (tertiary/aromatic N) is 1. The molecule has 0 N–H and O–H groups in total. The quantitative estimate of drug-likeness (QED) is 0.526. The van der Waals surface area contributed by atoms with Gasteiger partial charge in [-0.3, -0.25) is 0 Å². The van der Waals surface area contributed by atoms with Crippen LogP contribution >= 0.6 is 0 Å². The SMILES string of the molecule is CCCC(C#N)CCC[C@H]1CC[C@H](C2CCCCC2)CC1. The molecule has 120 valence electrons. The maximum Gasteiger partial charge on any atom is 0.0655 e. The van der Waals surface area contributed by atoms with Gasteiger partial charge in [0.15, 0.2) is 0 Å². The molecule has 0 aromatic heterocycles. The molecule has 0 saturated heterocycles. The third-order valence-electron chi connectivity index (χ3n) is 6.19. The van der Waals surface area contributed by atoms with E-state index in [1.165, 1.54) is 70.6 Å². The van der Waals surface area contributed by atoms with Gasteiger partial charge in [-0.15, -0.1) is 0 Å². The minimum absolute atomic E-state index is 0.327. The predicted octanol–water partition coefficient (Wildman–Crippen LogP) is 6.48. The Hall–Kier alpha value is -0.510. The molecule has 0 aromatic rings. The fourth-order valence-electron chi connectivity index (χ4n) is 4.83. The monoisotopic (exact) mass is 289 g/mol. The van der Waals surface area contributed by atoms with Crippen molar-refractivity contribution in [1.82, 2.24) is 0 Å². The Morgan fingerprint density at radius 1 is 0.905 bits per heavy atom. The lowest BCUT2D eigenvalue weighted by Crippen LogP contribution is -2.23. The molecule has 2 aliphatic rings. The van der Waals surface area contributed by atoms with Gasteiger partial charge < -0.3 is 0 Å². The summed E-state index contributed by atoms with van der Waals surface area (Å²) in [6, 6.07) is 2.49. The van der Waals surface area contributed by atoms with Crippen LogP contribution in [0.15, 0.2) is 0 Å². The van der Waals surface area contributed by atoms with Gasteiger partial charge in [0, 0.05) is 5.92 Å². The van der Waals surface area contributed by atoms with Crippen LogP contribution in [0.2, 0.25) is 0 Å². The number of hydrogen-bond acceptors (Lipinski definition) is 1. The highest BCUT2D eigenvalue weighted by molar-refractivity contribution is 4.83. The molecule has 1 heteroatoms. The summed E-state index contributed by atoms with van der Waals surface area (Å²) >= 11 is 0. The van der Waals surface area contributed by atoms with E-state index >= 15 is 0 Å². The molecule has 2 aliphatic carbocycles. The highest BCUT2D eigenvalue weighted by Crippen LogP contribution is 2.41. The van der Waals surface area contributed by atoms with E-state index in [9.17, 15) is 0 Å². The molecule has 2 rings (SSSR count). The zero-order valence-electron chi connectivity index (χ0n) is 14.2. The highest BCUT2D eigenvalue weighted by atomic mass is 14.3. The Balaban J connectivity index is 1.59. The molecule has 0 aromatic carbocycles. The van der Waals surface area contributed by atoms with Crippen LogP contribution in [0.25, 0.3) is 0 Å². The fourth-order valence-corrected chi connectivity index (χ4v) is 4.83. The first-order valence-corrected chi connectivity index (χ1v) is 9.73. The molecule has 2 saturated carbocycles. The molecule has 2 fully saturated rings. The van der Waals surface area contributed by atoms with Gasteiger partial charge in [0.2, 0.25) is 0 Å². The Morgan fingerprint density at radius 2 is 1.57 bits per heavy atom. The Bertz CT molecular complexity index is 302. The average molecular weight is 290 g/mol. The number of nitriles is 1. The molecule has 1 nitrogen and oxygen atoms in total. The van der Waals surface area contributed by atoms with E-state index in [0.29, 0.717) is 5.92 Å². The van der Waals surface area contributed by atoms with Gasteiger partial charge in [0.25, 0.3) is 0 Å². The van der Waals surface area contributed by atoms with Crippen LogP contribution in [0.5, 0.6) is 0 Å². The van der Waals surface area contributed by atoms with Crippen LogP contribution in [0, 0.1) is 35.0 Å². The van der Waals surface area contributed by atoms with E-state index in [2.05, 4.69) is 13.0 Å². The van der Waals surface area contributed by atoms with E-state index in [1.54, 1.807) is 0 Å². The van der Waals surface area contributed by atoms with Crippen LogP contribution < -0.4 is 0 Å². The number of hydrogen-bond donors (Lipinski definition) is 0. The maximum absolute atomic E-state index is 9.12. The predicted molar refractivity (Wildman–Crippen MR) is 89.9 cm³/mol. The van der Waals surface area contributed by atoms with Gasteiger partial charge in [-0.2, -0.15) is 5.26 Å². The molecule has 1 unspecified atom stereocenters. The van der Waals surface area contributed by atoms with Crippen LogP contribution in [-0.4, -0.2) is 0 Å². The maximum atomic E-state index is 9.12. The van der Waals surface area contributed by atoms with Crippen LogP contribution in [0.3, 0.4) is 0 Å². The highest BCUT2D eigenvalue weighted by Gasteiger charge is 2.28. The molecule has 0 amide bonds. The van der Waals surface area contributed by atoms with Crippen molar-refractivity contribution in [1.29, 1.82) is 5.26 Å². The molecule has 0 radical (unpaired) electrons. The smallest absolute Gasteiger partial charge is 0.0655 e. The van der Waals surface area contributed by atoms with Crippen molar-refractivity contribution in [2.45, 2.75) is 96.8 Å². The molecular weight excluding hydrogens is 254 g/mol. The van der Waals surface area contributed by atoms with Gasteiger partial charge in [0.05, 0.1) is 6.07 Å². The minimum Gasteiger partial charge on any atom is -0.198 e. The lowest BCUT2D eigenvalue weighted by atomic mass is 9.70. The second kappa shape index (κ2) is 9.50. The first-order valence-electron chi connectivity index (χ1n) is 9.73. The van der Waals surface area contributed by atoms with Crippen molar-refractivity contribution in [3.8, 4) is 6.07 Å². The number of rotatable bonds is 7. The third-order valence-corrected chi connectivity index (χ3v) is 6.19. The van der Waals surface area contributed by atoms with Gasteiger partial charge in [-0.05, 0) is 43.4 Å². The fraction of sp³-hybridized carbons (Fsp3) is 0.950. The summed E-state index contributed by atoms with van der Waals surface area (Å²) in [6.07, 6.45) is 19.6. The molecule has 0 aliphatic heterocycles. The summed E-state index contributed by atoms with van der Waals surface area (Å²) in [5.74, 6) is 3.44. The van der Waals surface area contributed by atoms with Crippen LogP contribution in [0.1, 0.15) is 96.8 Å². The van der Waals surface area contributed by atoms with E-state index in [4.69, 9.17) is 5.26 Å². The van der Waals surface area contributed by atoms with Gasteiger partial charge in [-0.25, -0.2) is 0 Å². The average Bonchev–Trinajstić information content (AvgIpc) is 2.55. The first-order chi connectivity index (χ1) is 10.3. The van der Waals surface area contributed by atoms with Crippen molar-refractivity contribution in [3.63, 3.8) is 0 Å². The Kier molecular flexibility index (Phi) is 7.62. The molecule has 0 spiro atoms. The van der Waals surface area contributed by atoms with Crippen molar-refractivity contribution in [3.05, 3.63) is 0 Å². The van der Waals surface area contributed by atoms with E-state index in [0.717, 1.165) is 37.0 Å². The lowest BCUT2D eigenvalue weighted by molar-refractivity contribution is 0.162. The molecular formula is C20H35N. The zero-order valence-corrected chi connectivity index (χ0v) is 14.2. The second-order valence-electron chi connectivity index (χ2n) is 7.72.